The molecule has 122 valence electrons. The van der Waals surface area contributed by atoms with Crippen LogP contribution < -0.4 is 0 Å². The molecule has 0 N–H and O–H groups in total. The van der Waals surface area contributed by atoms with E-state index in [1.54, 1.807) is 18.5 Å². The van der Waals surface area contributed by atoms with E-state index in [1.165, 1.54) is 0 Å². The van der Waals surface area contributed by atoms with Crippen molar-refractivity contribution in [1.29, 1.82) is 0 Å². The van der Waals surface area contributed by atoms with Gasteiger partial charge in [-0.1, -0.05) is 12.1 Å². The Labute approximate surface area is 136 Å². The van der Waals surface area contributed by atoms with Crippen LogP contribution in [0.25, 0.3) is 16.8 Å². The zero-order valence-electron chi connectivity index (χ0n) is 12.6. The molecule has 0 saturated carbocycles. The first-order valence-corrected chi connectivity index (χ1v) is 7.59. The molecular weight excluding hydrogens is 317 g/mol. The second-order valence-electron chi connectivity index (χ2n) is 5.71. The van der Waals surface area contributed by atoms with Gasteiger partial charge in [0.05, 0.1) is 5.69 Å². The van der Waals surface area contributed by atoms with E-state index in [4.69, 9.17) is 0 Å². The average molecular weight is 330 g/mol. The summed E-state index contributed by atoms with van der Waals surface area (Å²) in [6.45, 7) is 0. The number of aryl methyl sites for hydroxylation is 2. The minimum Gasteiger partial charge on any atom is -0.275 e. The Balaban J connectivity index is 1.88. The fourth-order valence-corrected chi connectivity index (χ4v) is 3.07. The quantitative estimate of drug-likeness (QED) is 0.681. The maximum atomic E-state index is 13.2. The Morgan fingerprint density at radius 2 is 1.88 bits per heavy atom. The van der Waals surface area contributed by atoms with Gasteiger partial charge < -0.3 is 0 Å². The van der Waals surface area contributed by atoms with Crippen molar-refractivity contribution in [2.75, 3.05) is 0 Å². The van der Waals surface area contributed by atoms with Crippen LogP contribution in [0.4, 0.5) is 13.2 Å². The molecule has 24 heavy (non-hydrogen) atoms. The van der Waals surface area contributed by atoms with Crippen LogP contribution >= 0.6 is 0 Å². The van der Waals surface area contributed by atoms with E-state index in [1.807, 2.05) is 24.3 Å². The van der Waals surface area contributed by atoms with Gasteiger partial charge in [-0.2, -0.15) is 13.2 Å². The van der Waals surface area contributed by atoms with Gasteiger partial charge in [-0.05, 0) is 47.7 Å². The van der Waals surface area contributed by atoms with Crippen LogP contribution in [0.5, 0.6) is 0 Å². The van der Waals surface area contributed by atoms with Crippen molar-refractivity contribution in [2.24, 2.45) is 0 Å². The lowest BCUT2D eigenvalue weighted by Crippen LogP contribution is -2.15. The molecule has 4 nitrogen and oxygen atoms in total. The van der Waals surface area contributed by atoms with Crippen LogP contribution in [0.3, 0.4) is 0 Å². The minimum atomic E-state index is -4.53. The molecule has 1 aromatic carbocycles. The van der Waals surface area contributed by atoms with E-state index in [9.17, 15) is 13.2 Å². The van der Waals surface area contributed by atoms with Gasteiger partial charge in [0.2, 0.25) is 5.82 Å². The number of nitrogens with zero attached hydrogens (tertiary/aromatic N) is 4. The molecule has 0 unspecified atom stereocenters. The van der Waals surface area contributed by atoms with Crippen LogP contribution in [-0.4, -0.2) is 19.7 Å². The number of fused-ring (bicyclic) bond motifs is 3. The molecule has 0 aliphatic carbocycles. The van der Waals surface area contributed by atoms with Crippen molar-refractivity contribution >= 4 is 0 Å². The summed E-state index contributed by atoms with van der Waals surface area (Å²) in [5.41, 5.74) is 3.24. The SMILES string of the molecule is FC(F)(F)c1nnc2n1-c1ccc(-c3cccnc3)cc1CCC2. The second kappa shape index (κ2) is 5.43. The van der Waals surface area contributed by atoms with Gasteiger partial charge in [0.1, 0.15) is 5.82 Å². The molecule has 0 fully saturated rings. The predicted octanol–water partition coefficient (Wildman–Crippen LogP) is 3.84. The molecule has 0 saturated heterocycles. The van der Waals surface area contributed by atoms with Gasteiger partial charge in [0.15, 0.2) is 0 Å². The van der Waals surface area contributed by atoms with Crippen LogP contribution in [0, 0.1) is 0 Å². The van der Waals surface area contributed by atoms with E-state index in [2.05, 4.69) is 15.2 Å². The smallest absolute Gasteiger partial charge is 0.275 e. The average Bonchev–Trinajstić information content (AvgIpc) is 2.92. The molecule has 1 aliphatic heterocycles. The highest BCUT2D eigenvalue weighted by Gasteiger charge is 2.39. The van der Waals surface area contributed by atoms with Crippen LogP contribution in [0.1, 0.15) is 23.6 Å². The zero-order chi connectivity index (χ0) is 16.7. The number of hydrogen-bond acceptors (Lipinski definition) is 3. The van der Waals surface area contributed by atoms with Gasteiger partial charge in [-0.15, -0.1) is 10.2 Å². The fourth-order valence-electron chi connectivity index (χ4n) is 3.07. The number of halogens is 3. The molecule has 0 spiro atoms. The van der Waals surface area contributed by atoms with E-state index in [0.717, 1.165) is 27.7 Å². The maximum absolute atomic E-state index is 13.2. The number of benzene rings is 1. The predicted molar refractivity (Wildman–Crippen MR) is 81.6 cm³/mol. The van der Waals surface area contributed by atoms with Gasteiger partial charge in [-0.3, -0.25) is 9.55 Å². The van der Waals surface area contributed by atoms with Gasteiger partial charge >= 0.3 is 6.18 Å². The van der Waals surface area contributed by atoms with Crippen LogP contribution in [0.15, 0.2) is 42.7 Å². The number of hydrogen-bond donors (Lipinski definition) is 0. The van der Waals surface area contributed by atoms with E-state index < -0.39 is 12.0 Å². The molecule has 0 radical (unpaired) electrons. The standard InChI is InChI=1S/C17H13F3N4/c18-17(19,20)16-23-22-15-5-1-3-12-9-11(6-7-14(12)24(15)16)13-4-2-8-21-10-13/h2,4,6-10H,1,3,5H2. The second-order valence-corrected chi connectivity index (χ2v) is 5.71. The molecule has 3 aromatic rings. The largest absolute Gasteiger partial charge is 0.452 e. The first-order valence-electron chi connectivity index (χ1n) is 7.59. The number of aromatic nitrogens is 4. The van der Waals surface area contributed by atoms with Crippen molar-refractivity contribution in [3.05, 3.63) is 59.9 Å². The van der Waals surface area contributed by atoms with Crippen molar-refractivity contribution in [1.82, 2.24) is 19.7 Å². The number of rotatable bonds is 1. The third-order valence-corrected chi connectivity index (χ3v) is 4.15. The van der Waals surface area contributed by atoms with Crippen molar-refractivity contribution in [3.63, 3.8) is 0 Å². The third kappa shape index (κ3) is 2.46. The minimum absolute atomic E-state index is 0.357. The molecule has 0 atom stereocenters. The van der Waals surface area contributed by atoms with Gasteiger partial charge in [0.25, 0.3) is 0 Å². The van der Waals surface area contributed by atoms with E-state index in [-0.39, 0.29) is 0 Å². The first kappa shape index (κ1) is 14.9. The Bertz CT molecular complexity index is 885. The summed E-state index contributed by atoms with van der Waals surface area (Å²) in [6.07, 6.45) is 0.800. The summed E-state index contributed by atoms with van der Waals surface area (Å²) in [5.74, 6) is -0.606. The summed E-state index contributed by atoms with van der Waals surface area (Å²) in [5, 5.41) is 7.11. The van der Waals surface area contributed by atoms with Crippen LogP contribution in [0.2, 0.25) is 0 Å². The molecule has 0 bridgehead atoms. The molecule has 3 heterocycles. The Kier molecular flexibility index (Phi) is 3.37. The first-order chi connectivity index (χ1) is 11.5. The molecule has 0 amide bonds. The molecular formula is C17H13F3N4. The van der Waals surface area contributed by atoms with Crippen LogP contribution in [-0.2, 0) is 19.0 Å². The highest BCUT2D eigenvalue weighted by Crippen LogP contribution is 2.34. The monoisotopic (exact) mass is 330 g/mol. The maximum Gasteiger partial charge on any atom is 0.452 e. The lowest BCUT2D eigenvalue weighted by molar-refractivity contribution is -0.146. The lowest BCUT2D eigenvalue weighted by Gasteiger charge is -2.14. The van der Waals surface area contributed by atoms with E-state index in [0.29, 0.717) is 24.4 Å². The van der Waals surface area contributed by atoms with Gasteiger partial charge in [-0.25, -0.2) is 0 Å². The Hall–Kier alpha value is -2.70. The Morgan fingerprint density at radius 1 is 1.00 bits per heavy atom. The molecule has 2 aromatic heterocycles. The lowest BCUT2D eigenvalue weighted by atomic mass is 10.0. The molecule has 4 rings (SSSR count). The summed E-state index contributed by atoms with van der Waals surface area (Å²) in [4.78, 5) is 4.09. The number of pyridine rings is 1. The topological polar surface area (TPSA) is 43.6 Å². The molecule has 7 heteroatoms. The highest BCUT2D eigenvalue weighted by molar-refractivity contribution is 5.66. The highest BCUT2D eigenvalue weighted by atomic mass is 19.4. The van der Waals surface area contributed by atoms with E-state index >= 15 is 0 Å². The number of alkyl halides is 3. The normalized spacial score (nSPS) is 14.0. The molecule has 1 aliphatic rings. The summed E-state index contributed by atoms with van der Waals surface area (Å²) >= 11 is 0. The summed E-state index contributed by atoms with van der Waals surface area (Å²) < 4.78 is 40.9. The van der Waals surface area contributed by atoms with Crippen molar-refractivity contribution < 1.29 is 13.2 Å². The zero-order valence-corrected chi connectivity index (χ0v) is 12.6. The summed E-state index contributed by atoms with van der Waals surface area (Å²) in [7, 11) is 0. The fraction of sp³-hybridized carbons (Fsp3) is 0.235. The summed E-state index contributed by atoms with van der Waals surface area (Å²) in [6, 6.07) is 9.22. The van der Waals surface area contributed by atoms with Crippen molar-refractivity contribution in [3.8, 4) is 16.8 Å². The van der Waals surface area contributed by atoms with Gasteiger partial charge in [0, 0.05) is 18.8 Å². The third-order valence-electron chi connectivity index (χ3n) is 4.15. The Morgan fingerprint density at radius 3 is 2.62 bits per heavy atom. The van der Waals surface area contributed by atoms with Crippen molar-refractivity contribution in [2.45, 2.75) is 25.4 Å².